The van der Waals surface area contributed by atoms with Gasteiger partial charge in [-0.3, -0.25) is 9.48 Å². The summed E-state index contributed by atoms with van der Waals surface area (Å²) in [7, 11) is 3.75. The van der Waals surface area contributed by atoms with Crippen molar-refractivity contribution in [1.82, 2.24) is 20.4 Å². The molecule has 0 saturated carbocycles. The van der Waals surface area contributed by atoms with Gasteiger partial charge in [0.05, 0.1) is 5.69 Å². The Balaban J connectivity index is 2.51. The Kier molecular flexibility index (Phi) is 4.49. The number of aromatic nitrogens is 2. The van der Waals surface area contributed by atoms with Gasteiger partial charge in [-0.1, -0.05) is 0 Å². The summed E-state index contributed by atoms with van der Waals surface area (Å²) < 4.78 is 1.84. The highest BCUT2D eigenvalue weighted by Crippen LogP contribution is 2.10. The first-order valence-corrected chi connectivity index (χ1v) is 5.46. The maximum Gasteiger partial charge on any atom is 0.221 e. The first-order valence-electron chi connectivity index (χ1n) is 5.46. The number of carbonyl (C=O) groups is 1. The second-order valence-corrected chi connectivity index (χ2v) is 3.90. The third-order valence-electron chi connectivity index (χ3n) is 2.72. The first kappa shape index (κ1) is 12.7. The van der Waals surface area contributed by atoms with Gasteiger partial charge in [-0.25, -0.2) is 0 Å². The highest BCUT2D eigenvalue weighted by atomic mass is 16.1. The van der Waals surface area contributed by atoms with Crippen LogP contribution < -0.4 is 10.6 Å². The lowest BCUT2D eigenvalue weighted by Gasteiger charge is -2.05. The molecule has 1 heterocycles. The number of amides is 1. The topological polar surface area (TPSA) is 59.0 Å². The van der Waals surface area contributed by atoms with Gasteiger partial charge in [-0.2, -0.15) is 5.10 Å². The highest BCUT2D eigenvalue weighted by Gasteiger charge is 2.09. The molecule has 0 saturated heterocycles. The molecule has 0 fully saturated rings. The van der Waals surface area contributed by atoms with Gasteiger partial charge in [-0.15, -0.1) is 0 Å². The molecule has 2 N–H and O–H groups in total. The van der Waals surface area contributed by atoms with Gasteiger partial charge in [-0.05, 0) is 20.9 Å². The number of hydrogen-bond acceptors (Lipinski definition) is 3. The van der Waals surface area contributed by atoms with Crippen molar-refractivity contribution in [2.45, 2.75) is 26.8 Å². The predicted molar refractivity (Wildman–Crippen MR) is 63.1 cm³/mol. The molecule has 0 bridgehead atoms. The predicted octanol–water partition coefficient (Wildman–Crippen LogP) is 0.263. The van der Waals surface area contributed by atoms with Crippen LogP contribution in [0, 0.1) is 13.8 Å². The normalized spacial score (nSPS) is 10.5. The van der Waals surface area contributed by atoms with Crippen molar-refractivity contribution in [3.05, 3.63) is 17.0 Å². The fraction of sp³-hybridized carbons (Fsp3) is 0.636. The molecule has 1 aromatic rings. The lowest BCUT2D eigenvalue weighted by molar-refractivity contribution is -0.121. The molecule has 1 amide bonds. The van der Waals surface area contributed by atoms with Crippen molar-refractivity contribution in [2.24, 2.45) is 7.05 Å². The third kappa shape index (κ3) is 3.06. The Morgan fingerprint density at radius 1 is 1.44 bits per heavy atom. The van der Waals surface area contributed by atoms with Crippen LogP contribution in [-0.2, 0) is 18.4 Å². The van der Waals surface area contributed by atoms with Crippen molar-refractivity contribution >= 4 is 5.91 Å². The monoisotopic (exact) mass is 224 g/mol. The standard InChI is InChI=1S/C11H20N4O/c1-8-10(9(2)15(4)14-8)7-13-11(16)5-6-12-3/h12H,5-7H2,1-4H3,(H,13,16). The summed E-state index contributed by atoms with van der Waals surface area (Å²) in [5.74, 6) is 0.0667. The summed E-state index contributed by atoms with van der Waals surface area (Å²) in [5, 5.41) is 10.1. The van der Waals surface area contributed by atoms with Gasteiger partial charge in [0.2, 0.25) is 5.91 Å². The molecule has 0 radical (unpaired) electrons. The van der Waals surface area contributed by atoms with Crippen LogP contribution >= 0.6 is 0 Å². The fourth-order valence-corrected chi connectivity index (χ4v) is 1.59. The molecule has 5 nitrogen and oxygen atoms in total. The molecule has 0 aliphatic heterocycles. The number of aryl methyl sites for hydroxylation is 2. The van der Waals surface area contributed by atoms with E-state index in [0.717, 1.165) is 17.0 Å². The molecule has 0 unspecified atom stereocenters. The molecule has 0 aliphatic rings. The highest BCUT2D eigenvalue weighted by molar-refractivity contribution is 5.76. The van der Waals surface area contributed by atoms with Gasteiger partial charge in [0.25, 0.3) is 0 Å². The van der Waals surface area contributed by atoms with Crippen LogP contribution in [0.3, 0.4) is 0 Å². The van der Waals surface area contributed by atoms with E-state index >= 15 is 0 Å². The minimum atomic E-state index is 0.0667. The van der Waals surface area contributed by atoms with Crippen LogP contribution in [0.4, 0.5) is 0 Å². The van der Waals surface area contributed by atoms with Crippen molar-refractivity contribution in [3.63, 3.8) is 0 Å². The quantitative estimate of drug-likeness (QED) is 0.754. The SMILES string of the molecule is CNCCC(=O)NCc1c(C)nn(C)c1C. The molecule has 0 atom stereocenters. The summed E-state index contributed by atoms with van der Waals surface area (Å²) >= 11 is 0. The third-order valence-corrected chi connectivity index (χ3v) is 2.72. The molecule has 0 spiro atoms. The molecular formula is C11H20N4O. The summed E-state index contributed by atoms with van der Waals surface area (Å²) in [6.45, 7) is 5.24. The number of carbonyl (C=O) groups excluding carboxylic acids is 1. The van der Waals surface area contributed by atoms with Gasteiger partial charge in [0.15, 0.2) is 0 Å². The van der Waals surface area contributed by atoms with E-state index in [1.807, 2.05) is 32.6 Å². The lowest BCUT2D eigenvalue weighted by atomic mass is 10.2. The second kappa shape index (κ2) is 5.65. The number of rotatable bonds is 5. The van der Waals surface area contributed by atoms with E-state index in [9.17, 15) is 4.79 Å². The number of hydrogen-bond donors (Lipinski definition) is 2. The fourth-order valence-electron chi connectivity index (χ4n) is 1.59. The van der Waals surface area contributed by atoms with Gasteiger partial charge >= 0.3 is 0 Å². The second-order valence-electron chi connectivity index (χ2n) is 3.90. The maximum absolute atomic E-state index is 11.4. The van der Waals surface area contributed by atoms with Gasteiger partial charge < -0.3 is 10.6 Å². The molecule has 1 rings (SSSR count). The Morgan fingerprint density at radius 3 is 2.62 bits per heavy atom. The lowest BCUT2D eigenvalue weighted by Crippen LogP contribution is -2.26. The van der Waals surface area contributed by atoms with Crippen LogP contribution in [0.1, 0.15) is 23.4 Å². The van der Waals surface area contributed by atoms with Crippen molar-refractivity contribution in [1.29, 1.82) is 0 Å². The largest absolute Gasteiger partial charge is 0.352 e. The summed E-state index contributed by atoms with van der Waals surface area (Å²) in [5.41, 5.74) is 3.20. The molecule has 0 aromatic carbocycles. The Hall–Kier alpha value is -1.36. The first-order chi connectivity index (χ1) is 7.56. The Bertz CT molecular complexity index is 370. The zero-order valence-corrected chi connectivity index (χ0v) is 10.4. The smallest absolute Gasteiger partial charge is 0.221 e. The number of nitrogens with zero attached hydrogens (tertiary/aromatic N) is 2. The van der Waals surface area contributed by atoms with E-state index in [1.54, 1.807) is 0 Å². The van der Waals surface area contributed by atoms with E-state index in [2.05, 4.69) is 15.7 Å². The molecule has 90 valence electrons. The van der Waals surface area contributed by atoms with E-state index in [4.69, 9.17) is 0 Å². The summed E-state index contributed by atoms with van der Waals surface area (Å²) in [6.07, 6.45) is 0.509. The van der Waals surface area contributed by atoms with Gasteiger partial charge in [0.1, 0.15) is 0 Å². The van der Waals surface area contributed by atoms with Crippen molar-refractivity contribution in [3.8, 4) is 0 Å². The van der Waals surface area contributed by atoms with Crippen LogP contribution in [0.5, 0.6) is 0 Å². The zero-order valence-electron chi connectivity index (χ0n) is 10.4. The van der Waals surface area contributed by atoms with Crippen LogP contribution in [0.15, 0.2) is 0 Å². The van der Waals surface area contributed by atoms with E-state index in [-0.39, 0.29) is 5.91 Å². The summed E-state index contributed by atoms with van der Waals surface area (Å²) in [4.78, 5) is 11.4. The molecule has 0 aliphatic carbocycles. The minimum absolute atomic E-state index is 0.0667. The van der Waals surface area contributed by atoms with E-state index in [1.165, 1.54) is 0 Å². The van der Waals surface area contributed by atoms with Crippen molar-refractivity contribution < 1.29 is 4.79 Å². The van der Waals surface area contributed by atoms with Crippen LogP contribution in [0.25, 0.3) is 0 Å². The molecule has 16 heavy (non-hydrogen) atoms. The van der Waals surface area contributed by atoms with Gasteiger partial charge in [0, 0.05) is 37.8 Å². The number of nitrogens with one attached hydrogen (secondary N) is 2. The maximum atomic E-state index is 11.4. The molecular weight excluding hydrogens is 204 g/mol. The Morgan fingerprint density at radius 2 is 2.12 bits per heavy atom. The molecule has 5 heteroatoms. The average Bonchev–Trinajstić information content (AvgIpc) is 2.48. The minimum Gasteiger partial charge on any atom is -0.352 e. The van der Waals surface area contributed by atoms with E-state index < -0.39 is 0 Å². The average molecular weight is 224 g/mol. The van der Waals surface area contributed by atoms with Crippen molar-refractivity contribution in [2.75, 3.05) is 13.6 Å². The van der Waals surface area contributed by atoms with E-state index in [0.29, 0.717) is 19.5 Å². The molecule has 1 aromatic heterocycles. The van der Waals surface area contributed by atoms with Crippen LogP contribution in [-0.4, -0.2) is 29.3 Å². The van der Waals surface area contributed by atoms with Crippen LogP contribution in [0.2, 0.25) is 0 Å². The summed E-state index contributed by atoms with van der Waals surface area (Å²) in [6, 6.07) is 0. The Labute approximate surface area is 96.2 Å². The zero-order chi connectivity index (χ0) is 12.1.